The van der Waals surface area contributed by atoms with Crippen molar-refractivity contribution in [3.05, 3.63) is 18.5 Å². The topological polar surface area (TPSA) is 24.9 Å². The first-order valence-corrected chi connectivity index (χ1v) is 4.61. The van der Waals surface area contributed by atoms with Crippen LogP contribution in [0.4, 0.5) is 5.69 Å². The van der Waals surface area contributed by atoms with Crippen LogP contribution in [0.1, 0.15) is 6.92 Å². The van der Waals surface area contributed by atoms with Gasteiger partial charge in [0.25, 0.3) is 0 Å². The number of nitrogens with one attached hydrogen (secondary N) is 1. The summed E-state index contributed by atoms with van der Waals surface area (Å²) < 4.78 is 0. The van der Waals surface area contributed by atoms with Gasteiger partial charge in [-0.05, 0) is 11.8 Å². The monoisotopic (exact) mass is 168 g/mol. The first kappa shape index (κ1) is 8.40. The van der Waals surface area contributed by atoms with E-state index in [4.69, 9.17) is 0 Å². The van der Waals surface area contributed by atoms with E-state index in [-0.39, 0.29) is 0 Å². The first-order valence-electron chi connectivity index (χ1n) is 3.63. The Kier molecular flexibility index (Phi) is 3.23. The van der Waals surface area contributed by atoms with Crippen molar-refractivity contribution in [2.75, 3.05) is 18.1 Å². The highest BCUT2D eigenvalue weighted by atomic mass is 32.2. The van der Waals surface area contributed by atoms with Crippen molar-refractivity contribution in [3.63, 3.8) is 0 Å². The van der Waals surface area contributed by atoms with E-state index in [0.717, 1.165) is 11.4 Å². The van der Waals surface area contributed by atoms with Crippen molar-refractivity contribution in [1.82, 2.24) is 4.98 Å². The molecule has 60 valence electrons. The molecule has 0 fully saturated rings. The predicted molar refractivity (Wildman–Crippen MR) is 50.2 cm³/mol. The molecule has 1 N–H and O–H groups in total. The summed E-state index contributed by atoms with van der Waals surface area (Å²) in [5, 5.41) is 3.10. The molecule has 2 nitrogen and oxygen atoms in total. The van der Waals surface area contributed by atoms with E-state index in [9.17, 15) is 0 Å². The van der Waals surface area contributed by atoms with Gasteiger partial charge in [0.05, 0.1) is 11.9 Å². The van der Waals surface area contributed by atoms with Gasteiger partial charge in [-0.1, -0.05) is 6.92 Å². The quantitative estimate of drug-likeness (QED) is 0.701. The van der Waals surface area contributed by atoms with Crippen LogP contribution in [0.5, 0.6) is 0 Å². The minimum atomic E-state index is 1.10. The molecule has 0 aromatic carbocycles. The van der Waals surface area contributed by atoms with Crippen LogP contribution in [0.25, 0.3) is 0 Å². The predicted octanol–water partition coefficient (Wildman–Crippen LogP) is 2.24. The zero-order valence-corrected chi connectivity index (χ0v) is 7.61. The minimum absolute atomic E-state index is 1.10. The fraction of sp³-hybridized carbons (Fsp3) is 0.375. The zero-order valence-electron chi connectivity index (χ0n) is 6.79. The van der Waals surface area contributed by atoms with Crippen LogP contribution in [-0.4, -0.2) is 17.8 Å². The SMILES string of the molecule is CCSc1ccncc1NC. The molecule has 0 aliphatic heterocycles. The molecule has 0 saturated carbocycles. The second kappa shape index (κ2) is 4.23. The normalized spacial score (nSPS) is 9.64. The molecule has 0 amide bonds. The van der Waals surface area contributed by atoms with E-state index in [1.165, 1.54) is 4.90 Å². The third-order valence-corrected chi connectivity index (χ3v) is 2.31. The Hall–Kier alpha value is -0.700. The van der Waals surface area contributed by atoms with Crippen molar-refractivity contribution in [2.24, 2.45) is 0 Å². The molecule has 3 heteroatoms. The number of hydrogen-bond donors (Lipinski definition) is 1. The molecular weight excluding hydrogens is 156 g/mol. The van der Waals surface area contributed by atoms with E-state index in [0.29, 0.717) is 0 Å². The Balaban J connectivity index is 2.83. The molecule has 0 aliphatic rings. The smallest absolute Gasteiger partial charge is 0.0662 e. The lowest BCUT2D eigenvalue weighted by Gasteiger charge is -2.04. The summed E-state index contributed by atoms with van der Waals surface area (Å²) in [6.45, 7) is 2.14. The largest absolute Gasteiger partial charge is 0.386 e. The maximum Gasteiger partial charge on any atom is 0.0662 e. The molecule has 0 saturated heterocycles. The maximum atomic E-state index is 4.02. The van der Waals surface area contributed by atoms with E-state index < -0.39 is 0 Å². The van der Waals surface area contributed by atoms with Crippen molar-refractivity contribution in [1.29, 1.82) is 0 Å². The maximum absolute atomic E-state index is 4.02. The summed E-state index contributed by atoms with van der Waals surface area (Å²) in [6, 6.07) is 2.03. The van der Waals surface area contributed by atoms with Crippen LogP contribution in [-0.2, 0) is 0 Å². The lowest BCUT2D eigenvalue weighted by Crippen LogP contribution is -1.91. The highest BCUT2D eigenvalue weighted by Crippen LogP contribution is 2.24. The number of hydrogen-bond acceptors (Lipinski definition) is 3. The number of anilines is 1. The second-order valence-corrected chi connectivity index (χ2v) is 3.36. The lowest BCUT2D eigenvalue weighted by molar-refractivity contribution is 1.24. The van der Waals surface area contributed by atoms with Crippen molar-refractivity contribution in [2.45, 2.75) is 11.8 Å². The molecule has 0 bridgehead atoms. The van der Waals surface area contributed by atoms with Gasteiger partial charge < -0.3 is 5.32 Å². The van der Waals surface area contributed by atoms with E-state index >= 15 is 0 Å². The summed E-state index contributed by atoms with van der Waals surface area (Å²) in [7, 11) is 1.91. The van der Waals surface area contributed by atoms with Gasteiger partial charge in [-0.15, -0.1) is 11.8 Å². The van der Waals surface area contributed by atoms with E-state index in [1.807, 2.05) is 37.3 Å². The molecule has 0 atom stereocenters. The molecule has 0 spiro atoms. The minimum Gasteiger partial charge on any atom is -0.386 e. The molecular formula is C8H12N2S. The van der Waals surface area contributed by atoms with Gasteiger partial charge in [-0.25, -0.2) is 0 Å². The lowest BCUT2D eigenvalue weighted by atomic mass is 10.4. The van der Waals surface area contributed by atoms with Gasteiger partial charge >= 0.3 is 0 Å². The Morgan fingerprint density at radius 1 is 1.64 bits per heavy atom. The van der Waals surface area contributed by atoms with Gasteiger partial charge in [0.1, 0.15) is 0 Å². The third kappa shape index (κ3) is 2.12. The van der Waals surface area contributed by atoms with Crippen LogP contribution in [0.15, 0.2) is 23.4 Å². The standard InChI is InChI=1S/C8H12N2S/c1-3-11-8-4-5-10-6-7(8)9-2/h4-6,9H,3H2,1-2H3. The Bertz CT molecular complexity index is 225. The van der Waals surface area contributed by atoms with E-state index in [2.05, 4.69) is 17.2 Å². The summed E-state index contributed by atoms with van der Waals surface area (Å²) in [6.07, 6.45) is 3.66. The van der Waals surface area contributed by atoms with E-state index in [1.54, 1.807) is 0 Å². The highest BCUT2D eigenvalue weighted by Gasteiger charge is 1.97. The third-order valence-electron chi connectivity index (χ3n) is 1.35. The second-order valence-electron chi connectivity index (χ2n) is 2.05. The Morgan fingerprint density at radius 2 is 2.45 bits per heavy atom. The average Bonchev–Trinajstić information content (AvgIpc) is 2.06. The summed E-state index contributed by atoms with van der Waals surface area (Å²) in [5.74, 6) is 1.10. The number of thioether (sulfide) groups is 1. The molecule has 11 heavy (non-hydrogen) atoms. The molecule has 1 heterocycles. The number of pyridine rings is 1. The fourth-order valence-corrected chi connectivity index (χ4v) is 1.63. The summed E-state index contributed by atoms with van der Waals surface area (Å²) in [4.78, 5) is 5.29. The van der Waals surface area contributed by atoms with Gasteiger partial charge in [0.2, 0.25) is 0 Å². The summed E-state index contributed by atoms with van der Waals surface area (Å²) >= 11 is 1.82. The van der Waals surface area contributed by atoms with Crippen LogP contribution in [0.2, 0.25) is 0 Å². The van der Waals surface area contributed by atoms with Crippen LogP contribution in [0.3, 0.4) is 0 Å². The molecule has 1 aromatic heterocycles. The van der Waals surface area contributed by atoms with Crippen molar-refractivity contribution >= 4 is 17.4 Å². The Morgan fingerprint density at radius 3 is 3.09 bits per heavy atom. The van der Waals surface area contributed by atoms with Gasteiger partial charge in [0.15, 0.2) is 0 Å². The van der Waals surface area contributed by atoms with Crippen LogP contribution in [0, 0.1) is 0 Å². The number of rotatable bonds is 3. The fourth-order valence-electron chi connectivity index (χ4n) is 0.851. The average molecular weight is 168 g/mol. The van der Waals surface area contributed by atoms with Gasteiger partial charge in [-0.2, -0.15) is 0 Å². The van der Waals surface area contributed by atoms with Crippen LogP contribution < -0.4 is 5.32 Å². The highest BCUT2D eigenvalue weighted by molar-refractivity contribution is 7.99. The molecule has 0 unspecified atom stereocenters. The first-order chi connectivity index (χ1) is 5.38. The zero-order chi connectivity index (χ0) is 8.10. The number of aromatic nitrogens is 1. The van der Waals surface area contributed by atoms with Gasteiger partial charge in [0, 0.05) is 18.1 Å². The van der Waals surface area contributed by atoms with Crippen molar-refractivity contribution < 1.29 is 0 Å². The molecule has 1 rings (SSSR count). The number of nitrogens with zero attached hydrogens (tertiary/aromatic N) is 1. The molecule has 0 radical (unpaired) electrons. The van der Waals surface area contributed by atoms with Crippen LogP contribution >= 0.6 is 11.8 Å². The van der Waals surface area contributed by atoms with Gasteiger partial charge in [-0.3, -0.25) is 4.98 Å². The molecule has 0 aliphatic carbocycles. The summed E-state index contributed by atoms with van der Waals surface area (Å²) in [5.41, 5.74) is 1.11. The Labute approximate surface area is 71.4 Å². The molecule has 1 aromatic rings. The van der Waals surface area contributed by atoms with Crippen molar-refractivity contribution in [3.8, 4) is 0 Å².